The van der Waals surface area contributed by atoms with Gasteiger partial charge in [0.15, 0.2) is 0 Å². The Hall–Kier alpha value is -1.20. The second kappa shape index (κ2) is 5.84. The molecule has 2 aromatic rings. The monoisotopic (exact) mass is 276 g/mol. The molecule has 1 fully saturated rings. The summed E-state index contributed by atoms with van der Waals surface area (Å²) in [5, 5.41) is 5.57. The Labute approximate surface area is 117 Å². The molecule has 2 aromatic heterocycles. The maximum atomic E-state index is 5.89. The lowest BCUT2D eigenvalue weighted by Gasteiger charge is -2.30. The molecule has 102 valence electrons. The van der Waals surface area contributed by atoms with E-state index in [4.69, 9.17) is 5.73 Å². The zero-order valence-corrected chi connectivity index (χ0v) is 11.8. The van der Waals surface area contributed by atoms with Crippen LogP contribution in [0.4, 0.5) is 5.82 Å². The highest BCUT2D eigenvalue weighted by Gasteiger charge is 2.23. The van der Waals surface area contributed by atoms with Crippen molar-refractivity contribution in [1.29, 1.82) is 0 Å². The highest BCUT2D eigenvalue weighted by Crippen LogP contribution is 2.30. The Morgan fingerprint density at radius 2 is 2.11 bits per heavy atom. The molecule has 2 unspecified atom stereocenters. The van der Waals surface area contributed by atoms with Crippen molar-refractivity contribution >= 4 is 27.4 Å². The summed E-state index contributed by atoms with van der Waals surface area (Å²) >= 11 is 1.69. The first-order valence-corrected chi connectivity index (χ1v) is 7.88. The number of aromatic nitrogens is 2. The lowest BCUT2D eigenvalue weighted by molar-refractivity contribution is 0.255. The van der Waals surface area contributed by atoms with Crippen LogP contribution in [0.15, 0.2) is 17.8 Å². The van der Waals surface area contributed by atoms with Gasteiger partial charge in [-0.2, -0.15) is 0 Å². The van der Waals surface area contributed by atoms with Crippen LogP contribution in [-0.2, 0) is 0 Å². The van der Waals surface area contributed by atoms with Gasteiger partial charge in [-0.1, -0.05) is 12.8 Å². The summed E-state index contributed by atoms with van der Waals surface area (Å²) in [5.74, 6) is 2.33. The molecule has 4 nitrogen and oxygen atoms in total. The molecule has 0 bridgehead atoms. The van der Waals surface area contributed by atoms with Crippen LogP contribution in [0.1, 0.15) is 25.7 Å². The summed E-state index contributed by atoms with van der Waals surface area (Å²) in [6, 6.07) is 2.04. The van der Waals surface area contributed by atoms with Crippen LogP contribution in [0.3, 0.4) is 0 Å². The lowest BCUT2D eigenvalue weighted by atomic mass is 9.79. The minimum absolute atomic E-state index is 0.668. The second-order valence-electron chi connectivity index (χ2n) is 5.28. The maximum Gasteiger partial charge on any atom is 0.147 e. The van der Waals surface area contributed by atoms with Gasteiger partial charge >= 0.3 is 0 Å². The van der Waals surface area contributed by atoms with Crippen molar-refractivity contribution in [3.05, 3.63) is 17.8 Å². The number of nitrogens with two attached hydrogens (primary N) is 1. The van der Waals surface area contributed by atoms with Gasteiger partial charge in [0.1, 0.15) is 12.1 Å². The Morgan fingerprint density at radius 1 is 1.26 bits per heavy atom. The van der Waals surface area contributed by atoms with E-state index in [2.05, 4.69) is 20.7 Å². The average molecular weight is 276 g/mol. The first kappa shape index (κ1) is 12.8. The lowest BCUT2D eigenvalue weighted by Crippen LogP contribution is -2.31. The third-order valence-corrected chi connectivity index (χ3v) is 5.05. The molecule has 3 rings (SSSR count). The van der Waals surface area contributed by atoms with Crippen LogP contribution in [0, 0.1) is 11.8 Å². The summed E-state index contributed by atoms with van der Waals surface area (Å²) in [5.41, 5.74) is 6.91. The molecule has 1 saturated carbocycles. The molecule has 0 spiro atoms. The van der Waals surface area contributed by atoms with Crippen LogP contribution in [0.25, 0.3) is 10.2 Å². The molecule has 0 saturated heterocycles. The summed E-state index contributed by atoms with van der Waals surface area (Å²) in [6.45, 7) is 1.79. The highest BCUT2D eigenvalue weighted by molar-refractivity contribution is 7.17. The van der Waals surface area contributed by atoms with Crippen LogP contribution in [0.2, 0.25) is 0 Å². The molecule has 0 amide bonds. The Kier molecular flexibility index (Phi) is 3.94. The van der Waals surface area contributed by atoms with Gasteiger partial charge in [0, 0.05) is 6.54 Å². The number of nitrogens with zero attached hydrogens (tertiary/aromatic N) is 2. The Bertz CT molecular complexity index is 539. The predicted octanol–water partition coefficient (Wildman–Crippen LogP) is 2.87. The molecule has 19 heavy (non-hydrogen) atoms. The highest BCUT2D eigenvalue weighted by atomic mass is 32.1. The van der Waals surface area contributed by atoms with Gasteiger partial charge in [0.2, 0.25) is 0 Å². The molecule has 3 N–H and O–H groups in total. The van der Waals surface area contributed by atoms with Crippen LogP contribution in [0.5, 0.6) is 0 Å². The van der Waals surface area contributed by atoms with Crippen LogP contribution in [-0.4, -0.2) is 23.1 Å². The van der Waals surface area contributed by atoms with Crippen molar-refractivity contribution in [2.75, 3.05) is 18.4 Å². The van der Waals surface area contributed by atoms with Gasteiger partial charge in [0.25, 0.3) is 0 Å². The van der Waals surface area contributed by atoms with Gasteiger partial charge in [-0.3, -0.25) is 0 Å². The first-order chi connectivity index (χ1) is 9.38. The molecule has 1 aliphatic carbocycles. The van der Waals surface area contributed by atoms with E-state index in [0.29, 0.717) is 11.8 Å². The summed E-state index contributed by atoms with van der Waals surface area (Å²) in [4.78, 5) is 8.64. The number of nitrogens with one attached hydrogen (secondary N) is 1. The minimum Gasteiger partial charge on any atom is -0.368 e. The van der Waals surface area contributed by atoms with Crippen LogP contribution < -0.4 is 11.1 Å². The van der Waals surface area contributed by atoms with E-state index < -0.39 is 0 Å². The molecule has 0 aliphatic heterocycles. The molecule has 0 radical (unpaired) electrons. The van der Waals surface area contributed by atoms with Gasteiger partial charge in [0.05, 0.1) is 10.2 Å². The third kappa shape index (κ3) is 2.72. The van der Waals surface area contributed by atoms with E-state index in [1.165, 1.54) is 25.7 Å². The van der Waals surface area contributed by atoms with E-state index in [0.717, 1.165) is 29.1 Å². The zero-order valence-electron chi connectivity index (χ0n) is 11.0. The fourth-order valence-corrected chi connectivity index (χ4v) is 3.82. The van der Waals surface area contributed by atoms with E-state index in [-0.39, 0.29) is 0 Å². The van der Waals surface area contributed by atoms with Crippen molar-refractivity contribution in [3.8, 4) is 0 Å². The molecule has 2 heterocycles. The molecular weight excluding hydrogens is 256 g/mol. The van der Waals surface area contributed by atoms with Crippen molar-refractivity contribution < 1.29 is 0 Å². The topological polar surface area (TPSA) is 63.8 Å². The van der Waals surface area contributed by atoms with Crippen molar-refractivity contribution in [2.24, 2.45) is 17.6 Å². The third-order valence-electron chi connectivity index (χ3n) is 4.14. The summed E-state index contributed by atoms with van der Waals surface area (Å²) in [6.07, 6.45) is 6.87. The number of anilines is 1. The van der Waals surface area contributed by atoms with Gasteiger partial charge in [-0.15, -0.1) is 11.3 Å². The standard InChI is InChI=1S/C14H20N4S/c15-7-10-3-1-2-4-11(10)8-16-14-13-12(5-6-19-13)17-9-18-14/h5-6,9-11H,1-4,7-8,15H2,(H,16,17,18). The Morgan fingerprint density at radius 3 is 2.95 bits per heavy atom. The van der Waals surface area contributed by atoms with E-state index >= 15 is 0 Å². The Balaban J connectivity index is 1.69. The van der Waals surface area contributed by atoms with Crippen molar-refractivity contribution in [2.45, 2.75) is 25.7 Å². The van der Waals surface area contributed by atoms with E-state index in [1.54, 1.807) is 17.7 Å². The fraction of sp³-hybridized carbons (Fsp3) is 0.571. The summed E-state index contributed by atoms with van der Waals surface area (Å²) in [7, 11) is 0. The normalized spacial score (nSPS) is 23.6. The summed E-state index contributed by atoms with van der Waals surface area (Å²) < 4.78 is 1.16. The van der Waals surface area contributed by atoms with Gasteiger partial charge in [-0.25, -0.2) is 9.97 Å². The molecule has 1 aliphatic rings. The largest absolute Gasteiger partial charge is 0.368 e. The number of hydrogen-bond acceptors (Lipinski definition) is 5. The number of fused-ring (bicyclic) bond motifs is 1. The van der Waals surface area contributed by atoms with Gasteiger partial charge < -0.3 is 11.1 Å². The zero-order chi connectivity index (χ0) is 13.1. The predicted molar refractivity (Wildman–Crippen MR) is 80.4 cm³/mol. The van der Waals surface area contributed by atoms with Crippen molar-refractivity contribution in [1.82, 2.24) is 9.97 Å². The quantitative estimate of drug-likeness (QED) is 0.901. The second-order valence-corrected chi connectivity index (χ2v) is 6.19. The maximum absolute atomic E-state index is 5.89. The number of thiophene rings is 1. The minimum atomic E-state index is 0.668. The van der Waals surface area contributed by atoms with E-state index in [1.807, 2.05) is 6.07 Å². The number of rotatable bonds is 4. The van der Waals surface area contributed by atoms with E-state index in [9.17, 15) is 0 Å². The number of hydrogen-bond donors (Lipinski definition) is 2. The van der Waals surface area contributed by atoms with Gasteiger partial charge in [-0.05, 0) is 42.7 Å². The first-order valence-electron chi connectivity index (χ1n) is 7.00. The average Bonchev–Trinajstić information content (AvgIpc) is 2.94. The van der Waals surface area contributed by atoms with Crippen molar-refractivity contribution in [3.63, 3.8) is 0 Å². The fourth-order valence-electron chi connectivity index (χ4n) is 3.01. The molecular formula is C14H20N4S. The smallest absolute Gasteiger partial charge is 0.147 e. The molecule has 0 aromatic carbocycles. The SMILES string of the molecule is NCC1CCCCC1CNc1ncnc2ccsc12. The molecule has 2 atom stereocenters. The van der Waals surface area contributed by atoms with Crippen LogP contribution >= 0.6 is 11.3 Å². The molecule has 5 heteroatoms.